The summed E-state index contributed by atoms with van der Waals surface area (Å²) in [6, 6.07) is 7.89. The monoisotopic (exact) mass is 293 g/mol. The quantitative estimate of drug-likeness (QED) is 0.865. The van der Waals surface area contributed by atoms with Crippen LogP contribution in [0.5, 0.6) is 0 Å². The fourth-order valence-electron chi connectivity index (χ4n) is 2.73. The first kappa shape index (κ1) is 14.4. The lowest BCUT2D eigenvalue weighted by molar-refractivity contribution is 0.0954. The van der Waals surface area contributed by atoms with Gasteiger partial charge in [0.05, 0.1) is 11.3 Å². The lowest BCUT2D eigenvalue weighted by atomic mass is 9.87. The molecule has 0 fully saturated rings. The number of nitrogens with zero attached hydrogens (tertiary/aromatic N) is 2. The summed E-state index contributed by atoms with van der Waals surface area (Å²) in [5, 5.41) is 4.36. The van der Waals surface area contributed by atoms with E-state index in [4.69, 9.17) is 0 Å². The molecule has 1 amide bonds. The van der Waals surface area contributed by atoms with Gasteiger partial charge >= 0.3 is 0 Å². The first-order valence-corrected chi connectivity index (χ1v) is 7.52. The molecule has 1 aliphatic carbocycles. The number of nitrogens with one attached hydrogen (secondary N) is 1. The normalized spacial score (nSPS) is 15.5. The summed E-state index contributed by atoms with van der Waals surface area (Å²) < 4.78 is 0. The third-order valence-electron chi connectivity index (χ3n) is 4.11. The molecule has 0 radical (unpaired) electrons. The second-order valence-electron chi connectivity index (χ2n) is 5.69. The maximum atomic E-state index is 12.1. The molecule has 1 aromatic heterocycles. The van der Waals surface area contributed by atoms with Crippen LogP contribution in [0.25, 0.3) is 0 Å². The molecule has 4 nitrogen and oxygen atoms in total. The van der Waals surface area contributed by atoms with Crippen molar-refractivity contribution in [1.29, 1.82) is 0 Å². The van der Waals surface area contributed by atoms with Crippen molar-refractivity contribution in [2.45, 2.75) is 33.1 Å². The number of hydrogen-bond acceptors (Lipinski definition) is 3. The van der Waals surface area contributed by atoms with E-state index in [0.29, 0.717) is 5.56 Å². The topological polar surface area (TPSA) is 54.4 Å². The highest BCUT2D eigenvalue weighted by atomic mass is 16.2. The predicted molar refractivity (Wildman–Crippen MR) is 87.1 cm³/mol. The van der Waals surface area contributed by atoms with E-state index in [9.17, 15) is 4.79 Å². The van der Waals surface area contributed by atoms with Crippen molar-refractivity contribution in [2.75, 3.05) is 0 Å². The molecule has 1 aromatic carbocycles. The lowest BCUT2D eigenvalue weighted by Gasteiger charge is -2.19. The molecular formula is C18H19N3O. The van der Waals surface area contributed by atoms with Crippen molar-refractivity contribution < 1.29 is 4.79 Å². The number of fused-ring (bicyclic) bond motifs is 1. The van der Waals surface area contributed by atoms with Gasteiger partial charge in [0.15, 0.2) is 0 Å². The van der Waals surface area contributed by atoms with Crippen LogP contribution in [0.2, 0.25) is 0 Å². The summed E-state index contributed by atoms with van der Waals surface area (Å²) in [7, 11) is 0. The number of aromatic nitrogens is 1. The molecule has 0 saturated carbocycles. The van der Waals surface area contributed by atoms with E-state index < -0.39 is 0 Å². The van der Waals surface area contributed by atoms with E-state index >= 15 is 0 Å². The van der Waals surface area contributed by atoms with E-state index in [1.165, 1.54) is 28.5 Å². The molecule has 3 rings (SSSR count). The Kier molecular flexibility index (Phi) is 4.00. The number of pyridine rings is 1. The Morgan fingerprint density at radius 3 is 2.82 bits per heavy atom. The average Bonchev–Trinajstić information content (AvgIpc) is 2.54. The van der Waals surface area contributed by atoms with Crippen LogP contribution in [0.15, 0.2) is 41.8 Å². The van der Waals surface area contributed by atoms with E-state index in [-0.39, 0.29) is 5.91 Å². The fraction of sp³-hybridized carbons (Fsp3) is 0.278. The molecule has 0 atom stereocenters. The predicted octanol–water partition coefficient (Wildman–Crippen LogP) is 3.17. The third kappa shape index (κ3) is 2.91. The Bertz CT molecular complexity index is 735. The SMILES string of the molecule is Cc1cc2c(cc1C)/C(=N\NC(=O)c1cccnc1)CCC2. The van der Waals surface area contributed by atoms with Gasteiger partial charge in [0, 0.05) is 18.0 Å². The first-order chi connectivity index (χ1) is 10.6. The Hall–Kier alpha value is -2.49. The summed E-state index contributed by atoms with van der Waals surface area (Å²) >= 11 is 0. The highest BCUT2D eigenvalue weighted by Gasteiger charge is 2.17. The minimum atomic E-state index is -0.225. The zero-order valence-corrected chi connectivity index (χ0v) is 12.9. The number of rotatable bonds is 2. The second-order valence-corrected chi connectivity index (χ2v) is 5.69. The molecule has 0 spiro atoms. The van der Waals surface area contributed by atoms with Crippen LogP contribution in [0.3, 0.4) is 0 Å². The van der Waals surface area contributed by atoms with Crippen molar-refractivity contribution in [3.63, 3.8) is 0 Å². The van der Waals surface area contributed by atoms with Crippen LogP contribution < -0.4 is 5.43 Å². The molecule has 1 N–H and O–H groups in total. The lowest BCUT2D eigenvalue weighted by Crippen LogP contribution is -2.22. The molecule has 2 aromatic rings. The zero-order valence-electron chi connectivity index (χ0n) is 12.9. The number of aryl methyl sites for hydroxylation is 3. The number of benzene rings is 1. The zero-order chi connectivity index (χ0) is 15.5. The number of carbonyl (C=O) groups excluding carboxylic acids is 1. The standard InChI is InChI=1S/C18H19N3O/c1-12-9-14-5-3-7-17(16(14)10-13(12)2)20-21-18(22)15-6-4-8-19-11-15/h4,6,8-11H,3,5,7H2,1-2H3,(H,21,22)/b20-17-. The molecule has 0 unspecified atom stereocenters. The third-order valence-corrected chi connectivity index (χ3v) is 4.11. The van der Waals surface area contributed by atoms with Crippen molar-refractivity contribution in [3.05, 3.63) is 64.5 Å². The van der Waals surface area contributed by atoms with Gasteiger partial charge in [-0.05, 0) is 68.0 Å². The Morgan fingerprint density at radius 2 is 2.05 bits per heavy atom. The summed E-state index contributed by atoms with van der Waals surface area (Å²) in [5.41, 5.74) is 9.18. The Morgan fingerprint density at radius 1 is 1.23 bits per heavy atom. The van der Waals surface area contributed by atoms with Crippen LogP contribution in [-0.4, -0.2) is 16.6 Å². The minimum absolute atomic E-state index is 0.225. The first-order valence-electron chi connectivity index (χ1n) is 7.52. The van der Waals surface area contributed by atoms with Crippen molar-refractivity contribution in [3.8, 4) is 0 Å². The summed E-state index contributed by atoms with van der Waals surface area (Å²) in [6.45, 7) is 4.24. The Labute approximate surface area is 130 Å². The van der Waals surface area contributed by atoms with Gasteiger partial charge in [-0.15, -0.1) is 0 Å². The maximum Gasteiger partial charge on any atom is 0.272 e. The largest absolute Gasteiger partial charge is 0.272 e. The molecule has 4 heteroatoms. The van der Waals surface area contributed by atoms with Gasteiger partial charge in [0.25, 0.3) is 5.91 Å². The molecule has 0 aliphatic heterocycles. The van der Waals surface area contributed by atoms with Crippen molar-refractivity contribution in [2.24, 2.45) is 5.10 Å². The summed E-state index contributed by atoms with van der Waals surface area (Å²) in [6.07, 6.45) is 6.22. The summed E-state index contributed by atoms with van der Waals surface area (Å²) in [4.78, 5) is 16.0. The molecular weight excluding hydrogens is 274 g/mol. The number of carbonyl (C=O) groups is 1. The van der Waals surface area contributed by atoms with Crippen LogP contribution in [0.1, 0.15) is 45.5 Å². The number of hydrazone groups is 1. The molecule has 1 heterocycles. The molecule has 0 saturated heterocycles. The van der Waals surface area contributed by atoms with Crippen molar-refractivity contribution >= 4 is 11.6 Å². The molecule has 112 valence electrons. The van der Waals surface area contributed by atoms with Gasteiger partial charge in [0.1, 0.15) is 0 Å². The second kappa shape index (κ2) is 6.10. The molecule has 22 heavy (non-hydrogen) atoms. The smallest absolute Gasteiger partial charge is 0.267 e. The van der Waals surface area contributed by atoms with E-state index in [1.807, 2.05) is 0 Å². The molecule has 0 bridgehead atoms. The van der Waals surface area contributed by atoms with E-state index in [0.717, 1.165) is 25.0 Å². The van der Waals surface area contributed by atoms with Crippen LogP contribution in [-0.2, 0) is 6.42 Å². The van der Waals surface area contributed by atoms with Crippen molar-refractivity contribution in [1.82, 2.24) is 10.4 Å². The number of amides is 1. The van der Waals surface area contributed by atoms with E-state index in [1.54, 1.807) is 18.3 Å². The van der Waals surface area contributed by atoms with Gasteiger partial charge in [0.2, 0.25) is 0 Å². The van der Waals surface area contributed by atoms with Gasteiger partial charge in [-0.1, -0.05) is 6.07 Å². The maximum absolute atomic E-state index is 12.1. The van der Waals surface area contributed by atoms with Crippen LogP contribution in [0.4, 0.5) is 0 Å². The fourth-order valence-corrected chi connectivity index (χ4v) is 2.73. The Balaban J connectivity index is 1.85. The van der Waals surface area contributed by atoms with Crippen LogP contribution in [0, 0.1) is 13.8 Å². The van der Waals surface area contributed by atoms with Gasteiger partial charge in [-0.2, -0.15) is 5.10 Å². The highest BCUT2D eigenvalue weighted by Crippen LogP contribution is 2.24. The number of hydrogen-bond donors (Lipinski definition) is 1. The molecule has 1 aliphatic rings. The van der Waals surface area contributed by atoms with Gasteiger partial charge < -0.3 is 0 Å². The van der Waals surface area contributed by atoms with Gasteiger partial charge in [-0.25, -0.2) is 5.43 Å². The summed E-state index contributed by atoms with van der Waals surface area (Å²) in [5.74, 6) is -0.225. The van der Waals surface area contributed by atoms with Crippen LogP contribution >= 0.6 is 0 Å². The highest BCUT2D eigenvalue weighted by molar-refractivity contribution is 6.04. The van der Waals surface area contributed by atoms with Gasteiger partial charge in [-0.3, -0.25) is 9.78 Å². The van der Waals surface area contributed by atoms with E-state index in [2.05, 4.69) is 41.5 Å². The average molecular weight is 293 g/mol. The minimum Gasteiger partial charge on any atom is -0.267 e.